The normalized spacial score (nSPS) is 26.8. The van der Waals surface area contributed by atoms with Crippen LogP contribution in [0.2, 0.25) is 0 Å². The van der Waals surface area contributed by atoms with E-state index in [-0.39, 0.29) is 5.75 Å². The largest absolute Gasteiger partial charge is 0.435 e. The molecule has 5 heteroatoms. The molecular weight excluding hydrogens is 274 g/mol. The van der Waals surface area contributed by atoms with Crippen LogP contribution in [-0.4, -0.2) is 43.2 Å². The zero-order valence-corrected chi connectivity index (χ0v) is 12.3. The van der Waals surface area contributed by atoms with E-state index in [0.29, 0.717) is 12.1 Å². The van der Waals surface area contributed by atoms with Crippen molar-refractivity contribution in [1.82, 2.24) is 4.90 Å². The van der Waals surface area contributed by atoms with Crippen LogP contribution in [0.5, 0.6) is 5.75 Å². The SMILES string of the molecule is CC1CN2CCCCC2CN1c1ccc(OC(F)F)cc1. The van der Waals surface area contributed by atoms with Crippen LogP contribution in [-0.2, 0) is 0 Å². The van der Waals surface area contributed by atoms with Crippen LogP contribution in [0.25, 0.3) is 0 Å². The fourth-order valence-corrected chi connectivity index (χ4v) is 3.53. The Labute approximate surface area is 124 Å². The topological polar surface area (TPSA) is 15.7 Å². The van der Waals surface area contributed by atoms with E-state index in [9.17, 15) is 8.78 Å². The van der Waals surface area contributed by atoms with E-state index in [0.717, 1.165) is 18.8 Å². The Balaban J connectivity index is 1.70. The molecule has 3 nitrogen and oxygen atoms in total. The summed E-state index contributed by atoms with van der Waals surface area (Å²) in [4.78, 5) is 4.98. The Bertz CT molecular complexity index is 466. The van der Waals surface area contributed by atoms with Crippen molar-refractivity contribution in [3.8, 4) is 5.75 Å². The highest BCUT2D eigenvalue weighted by Crippen LogP contribution is 2.29. The minimum Gasteiger partial charge on any atom is -0.435 e. The summed E-state index contributed by atoms with van der Waals surface area (Å²) >= 11 is 0. The molecule has 2 aliphatic heterocycles. The molecule has 2 saturated heterocycles. The second kappa shape index (κ2) is 6.18. The van der Waals surface area contributed by atoms with Gasteiger partial charge >= 0.3 is 6.61 Å². The number of hydrogen-bond acceptors (Lipinski definition) is 3. The predicted octanol–water partition coefficient (Wildman–Crippen LogP) is 3.35. The molecule has 0 N–H and O–H groups in total. The van der Waals surface area contributed by atoms with Gasteiger partial charge in [0.1, 0.15) is 5.75 Å². The predicted molar refractivity (Wildman–Crippen MR) is 79.1 cm³/mol. The smallest absolute Gasteiger partial charge is 0.387 e. The Kier molecular flexibility index (Phi) is 4.29. The molecule has 0 amide bonds. The maximum absolute atomic E-state index is 12.2. The molecule has 2 aliphatic rings. The highest BCUT2D eigenvalue weighted by atomic mass is 19.3. The summed E-state index contributed by atoms with van der Waals surface area (Å²) in [6, 6.07) is 8.09. The molecule has 1 aromatic rings. The van der Waals surface area contributed by atoms with Crippen LogP contribution in [0.3, 0.4) is 0 Å². The Morgan fingerprint density at radius 2 is 1.90 bits per heavy atom. The summed E-state index contributed by atoms with van der Waals surface area (Å²) in [6.07, 6.45) is 3.88. The molecule has 2 unspecified atom stereocenters. The molecule has 2 heterocycles. The van der Waals surface area contributed by atoms with Gasteiger partial charge < -0.3 is 9.64 Å². The number of hydrogen-bond donors (Lipinski definition) is 0. The molecule has 0 aromatic heterocycles. The summed E-state index contributed by atoms with van der Waals surface area (Å²) in [5.41, 5.74) is 1.09. The number of halogens is 2. The summed E-state index contributed by atoms with van der Waals surface area (Å²) < 4.78 is 28.8. The van der Waals surface area contributed by atoms with Gasteiger partial charge in [-0.1, -0.05) is 6.42 Å². The van der Waals surface area contributed by atoms with Gasteiger partial charge in [-0.2, -0.15) is 8.78 Å². The quantitative estimate of drug-likeness (QED) is 0.850. The van der Waals surface area contributed by atoms with Crippen molar-refractivity contribution >= 4 is 5.69 Å². The van der Waals surface area contributed by atoms with Crippen LogP contribution in [0.15, 0.2) is 24.3 Å². The third-order valence-corrected chi connectivity index (χ3v) is 4.58. The summed E-state index contributed by atoms with van der Waals surface area (Å²) in [6.45, 7) is 2.79. The Hall–Kier alpha value is -1.36. The summed E-state index contributed by atoms with van der Waals surface area (Å²) in [5.74, 6) is 0.220. The first-order valence-corrected chi connectivity index (χ1v) is 7.69. The Morgan fingerprint density at radius 3 is 2.62 bits per heavy atom. The average molecular weight is 296 g/mol. The van der Waals surface area contributed by atoms with Crippen LogP contribution in [0, 0.1) is 0 Å². The van der Waals surface area contributed by atoms with Gasteiger partial charge in [0.25, 0.3) is 0 Å². The van der Waals surface area contributed by atoms with E-state index >= 15 is 0 Å². The van der Waals surface area contributed by atoms with Crippen LogP contribution in [0.4, 0.5) is 14.5 Å². The number of piperidine rings is 1. The maximum atomic E-state index is 12.2. The first kappa shape index (κ1) is 14.6. The van der Waals surface area contributed by atoms with Crippen LogP contribution < -0.4 is 9.64 Å². The van der Waals surface area contributed by atoms with Gasteiger partial charge in [-0.05, 0) is 50.6 Å². The summed E-state index contributed by atoms with van der Waals surface area (Å²) in [5, 5.41) is 0. The van der Waals surface area contributed by atoms with Crippen LogP contribution >= 0.6 is 0 Å². The van der Waals surface area contributed by atoms with Crippen molar-refractivity contribution in [2.45, 2.75) is 44.9 Å². The second-order valence-corrected chi connectivity index (χ2v) is 6.02. The van der Waals surface area contributed by atoms with Gasteiger partial charge in [0.2, 0.25) is 0 Å². The minimum absolute atomic E-state index is 0.220. The first-order valence-electron chi connectivity index (χ1n) is 7.69. The molecule has 0 bridgehead atoms. The van der Waals surface area contributed by atoms with Gasteiger partial charge in [-0.15, -0.1) is 0 Å². The van der Waals surface area contributed by atoms with E-state index in [1.807, 2.05) is 12.1 Å². The van der Waals surface area contributed by atoms with Crippen molar-refractivity contribution in [2.75, 3.05) is 24.5 Å². The van der Waals surface area contributed by atoms with Gasteiger partial charge in [0.15, 0.2) is 0 Å². The number of rotatable bonds is 3. The van der Waals surface area contributed by atoms with Crippen molar-refractivity contribution in [1.29, 1.82) is 0 Å². The lowest BCUT2D eigenvalue weighted by atomic mass is 9.96. The average Bonchev–Trinajstić information content (AvgIpc) is 2.47. The third-order valence-electron chi connectivity index (χ3n) is 4.58. The number of nitrogens with zero attached hydrogens (tertiary/aromatic N) is 2. The van der Waals surface area contributed by atoms with Crippen molar-refractivity contribution in [2.24, 2.45) is 0 Å². The standard InChI is InChI=1S/C16H22F2N2O/c1-12-10-19-9-3-2-4-14(19)11-20(12)13-5-7-15(8-6-13)21-16(17)18/h5-8,12,14,16H,2-4,9-11H2,1H3. The van der Waals surface area contributed by atoms with Gasteiger partial charge in [-0.25, -0.2) is 0 Å². The number of alkyl halides is 2. The monoisotopic (exact) mass is 296 g/mol. The van der Waals surface area contributed by atoms with Gasteiger partial charge in [-0.3, -0.25) is 4.90 Å². The second-order valence-electron chi connectivity index (χ2n) is 6.02. The number of piperazine rings is 1. The fraction of sp³-hybridized carbons (Fsp3) is 0.625. The molecule has 3 rings (SSSR count). The number of benzene rings is 1. The molecule has 0 radical (unpaired) electrons. The van der Waals surface area contributed by atoms with E-state index in [1.165, 1.54) is 25.8 Å². The van der Waals surface area contributed by atoms with E-state index < -0.39 is 6.61 Å². The lowest BCUT2D eigenvalue weighted by molar-refractivity contribution is -0.0498. The molecule has 0 saturated carbocycles. The molecule has 21 heavy (non-hydrogen) atoms. The van der Waals surface area contributed by atoms with Gasteiger partial charge in [0, 0.05) is 30.9 Å². The molecule has 0 spiro atoms. The molecule has 2 atom stereocenters. The number of fused-ring (bicyclic) bond motifs is 1. The van der Waals surface area contributed by atoms with Crippen molar-refractivity contribution < 1.29 is 13.5 Å². The molecular formula is C16H22F2N2O. The third kappa shape index (κ3) is 3.28. The highest BCUT2D eigenvalue weighted by Gasteiger charge is 2.32. The maximum Gasteiger partial charge on any atom is 0.387 e. The van der Waals surface area contributed by atoms with E-state index in [1.54, 1.807) is 12.1 Å². The number of ether oxygens (including phenoxy) is 1. The molecule has 1 aromatic carbocycles. The lowest BCUT2D eigenvalue weighted by Gasteiger charge is -2.48. The van der Waals surface area contributed by atoms with Crippen LogP contribution in [0.1, 0.15) is 26.2 Å². The number of anilines is 1. The van der Waals surface area contributed by atoms with E-state index in [2.05, 4.69) is 21.5 Å². The molecule has 2 fully saturated rings. The summed E-state index contributed by atoms with van der Waals surface area (Å²) in [7, 11) is 0. The van der Waals surface area contributed by atoms with Crippen molar-refractivity contribution in [3.63, 3.8) is 0 Å². The molecule has 116 valence electrons. The fourth-order valence-electron chi connectivity index (χ4n) is 3.53. The highest BCUT2D eigenvalue weighted by molar-refractivity contribution is 5.50. The van der Waals surface area contributed by atoms with Crippen molar-refractivity contribution in [3.05, 3.63) is 24.3 Å². The minimum atomic E-state index is -2.76. The molecule has 0 aliphatic carbocycles. The lowest BCUT2D eigenvalue weighted by Crippen LogP contribution is -2.58. The Morgan fingerprint density at radius 1 is 1.14 bits per heavy atom. The zero-order valence-electron chi connectivity index (χ0n) is 12.3. The van der Waals surface area contributed by atoms with E-state index in [4.69, 9.17) is 0 Å². The van der Waals surface area contributed by atoms with Gasteiger partial charge in [0.05, 0.1) is 0 Å². The zero-order chi connectivity index (χ0) is 14.8. The first-order chi connectivity index (χ1) is 10.1.